The molecule has 0 aliphatic rings. The molecule has 1 unspecified atom stereocenters. The van der Waals surface area contributed by atoms with E-state index in [0.717, 1.165) is 0 Å². The molecule has 3 nitrogen and oxygen atoms in total. The molecule has 4 heteroatoms. The second-order valence-electron chi connectivity index (χ2n) is 3.90. The molecule has 0 fully saturated rings. The third-order valence-electron chi connectivity index (χ3n) is 2.58. The Hall–Kier alpha value is -1.58. The first kappa shape index (κ1) is 12.5. The lowest BCUT2D eigenvalue weighted by molar-refractivity contribution is -0.141. The third kappa shape index (κ3) is 3.22. The maximum absolute atomic E-state index is 13.4. The van der Waals surface area contributed by atoms with Gasteiger partial charge in [0.25, 0.3) is 0 Å². The fraction of sp³-hybridized carbons (Fsp3) is 0.417. The van der Waals surface area contributed by atoms with Crippen molar-refractivity contribution in [1.29, 1.82) is 0 Å². The zero-order valence-corrected chi connectivity index (χ0v) is 9.48. The van der Waals surface area contributed by atoms with Gasteiger partial charge >= 0.3 is 5.97 Å². The molecular weight excluding hydrogens is 209 g/mol. The number of carboxylic acid groups (broad SMARTS) is 1. The third-order valence-corrected chi connectivity index (χ3v) is 2.58. The van der Waals surface area contributed by atoms with Gasteiger partial charge in [-0.3, -0.25) is 4.79 Å². The van der Waals surface area contributed by atoms with E-state index < -0.39 is 11.9 Å². The van der Waals surface area contributed by atoms with Crippen molar-refractivity contribution in [2.24, 2.45) is 5.92 Å². The van der Waals surface area contributed by atoms with Crippen LogP contribution in [-0.2, 0) is 4.79 Å². The lowest BCUT2D eigenvalue weighted by Gasteiger charge is -2.20. The second-order valence-corrected chi connectivity index (χ2v) is 3.90. The molecule has 1 N–H and O–H groups in total. The quantitative estimate of drug-likeness (QED) is 0.836. The first-order valence-electron chi connectivity index (χ1n) is 5.21. The topological polar surface area (TPSA) is 40.5 Å². The number of benzene rings is 1. The maximum atomic E-state index is 13.4. The number of halogens is 1. The Morgan fingerprint density at radius 2 is 2.12 bits per heavy atom. The molecule has 88 valence electrons. The Morgan fingerprint density at radius 3 is 2.69 bits per heavy atom. The van der Waals surface area contributed by atoms with Gasteiger partial charge in [0, 0.05) is 13.6 Å². The summed E-state index contributed by atoms with van der Waals surface area (Å²) in [4.78, 5) is 12.4. The molecule has 0 spiro atoms. The van der Waals surface area contributed by atoms with Crippen LogP contribution in [0.5, 0.6) is 0 Å². The summed E-state index contributed by atoms with van der Waals surface area (Å²) in [5.74, 6) is -1.51. The molecule has 0 aliphatic heterocycles. The highest BCUT2D eigenvalue weighted by Gasteiger charge is 2.13. The number of rotatable bonds is 5. The Morgan fingerprint density at radius 1 is 1.50 bits per heavy atom. The van der Waals surface area contributed by atoms with Crippen LogP contribution in [0.2, 0.25) is 0 Å². The standard InChI is InChI=1S/C12H16FNO2/c1-9(12(15)16)7-8-14(2)11-6-4-3-5-10(11)13/h3-6,9H,7-8H2,1-2H3,(H,15,16). The zero-order chi connectivity index (χ0) is 12.1. The van der Waals surface area contributed by atoms with Crippen molar-refractivity contribution in [1.82, 2.24) is 0 Å². The van der Waals surface area contributed by atoms with Crippen LogP contribution in [0.3, 0.4) is 0 Å². The molecular formula is C12H16FNO2. The Kier molecular flexibility index (Phi) is 4.28. The van der Waals surface area contributed by atoms with Crippen LogP contribution in [0, 0.1) is 11.7 Å². The smallest absolute Gasteiger partial charge is 0.306 e. The highest BCUT2D eigenvalue weighted by atomic mass is 19.1. The van der Waals surface area contributed by atoms with Crippen LogP contribution < -0.4 is 4.90 Å². The summed E-state index contributed by atoms with van der Waals surface area (Å²) < 4.78 is 13.4. The molecule has 0 aliphatic carbocycles. The van der Waals surface area contributed by atoms with Crippen LogP contribution >= 0.6 is 0 Å². The van der Waals surface area contributed by atoms with E-state index in [0.29, 0.717) is 18.7 Å². The van der Waals surface area contributed by atoms with Crippen molar-refractivity contribution in [2.45, 2.75) is 13.3 Å². The molecule has 1 aromatic rings. The normalized spacial score (nSPS) is 12.2. The lowest BCUT2D eigenvalue weighted by Crippen LogP contribution is -2.23. The van der Waals surface area contributed by atoms with Crippen molar-refractivity contribution in [2.75, 3.05) is 18.5 Å². The van der Waals surface area contributed by atoms with Gasteiger partial charge in [0.05, 0.1) is 11.6 Å². The van der Waals surface area contributed by atoms with Gasteiger partial charge in [-0.1, -0.05) is 19.1 Å². The van der Waals surface area contributed by atoms with Gasteiger partial charge in [0.2, 0.25) is 0 Å². The van der Waals surface area contributed by atoms with Gasteiger partial charge in [-0.25, -0.2) is 4.39 Å². The largest absolute Gasteiger partial charge is 0.481 e. The summed E-state index contributed by atoms with van der Waals surface area (Å²) in [6.07, 6.45) is 0.500. The van der Waals surface area contributed by atoms with Gasteiger partial charge < -0.3 is 10.0 Å². The number of nitrogens with zero attached hydrogens (tertiary/aromatic N) is 1. The van der Waals surface area contributed by atoms with Gasteiger partial charge in [-0.2, -0.15) is 0 Å². The molecule has 0 saturated heterocycles. The number of para-hydroxylation sites is 1. The monoisotopic (exact) mass is 225 g/mol. The van der Waals surface area contributed by atoms with Crippen molar-refractivity contribution < 1.29 is 14.3 Å². The lowest BCUT2D eigenvalue weighted by atomic mass is 10.1. The molecule has 16 heavy (non-hydrogen) atoms. The molecule has 0 amide bonds. The van der Waals surface area contributed by atoms with Gasteiger partial charge in [0.15, 0.2) is 0 Å². The molecule has 0 saturated carbocycles. The number of anilines is 1. The van der Waals surface area contributed by atoms with Gasteiger partial charge in [-0.15, -0.1) is 0 Å². The molecule has 0 aromatic heterocycles. The molecule has 1 aromatic carbocycles. The van der Waals surface area contributed by atoms with Crippen LogP contribution in [-0.4, -0.2) is 24.7 Å². The molecule has 1 atom stereocenters. The first-order valence-corrected chi connectivity index (χ1v) is 5.21. The number of carboxylic acids is 1. The van der Waals surface area contributed by atoms with Gasteiger partial charge in [0.1, 0.15) is 5.82 Å². The Labute approximate surface area is 94.5 Å². The van der Waals surface area contributed by atoms with E-state index in [2.05, 4.69) is 0 Å². The van der Waals surface area contributed by atoms with E-state index in [4.69, 9.17) is 5.11 Å². The second kappa shape index (κ2) is 5.49. The summed E-state index contributed by atoms with van der Waals surface area (Å²) in [5.41, 5.74) is 0.500. The molecule has 1 rings (SSSR count). The van der Waals surface area contributed by atoms with Crippen molar-refractivity contribution in [3.8, 4) is 0 Å². The maximum Gasteiger partial charge on any atom is 0.306 e. The van der Waals surface area contributed by atoms with Gasteiger partial charge in [-0.05, 0) is 18.6 Å². The fourth-order valence-electron chi connectivity index (χ4n) is 1.39. The SMILES string of the molecule is CC(CCN(C)c1ccccc1F)C(=O)O. The summed E-state index contributed by atoms with van der Waals surface area (Å²) in [5, 5.41) is 8.73. The van der Waals surface area contributed by atoms with Crippen LogP contribution in [0.25, 0.3) is 0 Å². The number of aliphatic carboxylic acids is 1. The molecule has 0 radical (unpaired) electrons. The van der Waals surface area contributed by atoms with E-state index >= 15 is 0 Å². The summed E-state index contributed by atoms with van der Waals surface area (Å²) in [6, 6.07) is 6.47. The van der Waals surface area contributed by atoms with Crippen LogP contribution in [0.15, 0.2) is 24.3 Å². The van der Waals surface area contributed by atoms with Crippen LogP contribution in [0.1, 0.15) is 13.3 Å². The van der Waals surface area contributed by atoms with Crippen molar-refractivity contribution >= 4 is 11.7 Å². The first-order chi connectivity index (χ1) is 7.52. The van der Waals surface area contributed by atoms with Crippen molar-refractivity contribution in [3.05, 3.63) is 30.1 Å². The molecule has 0 heterocycles. The summed E-state index contributed by atoms with van der Waals surface area (Å²) >= 11 is 0. The predicted molar refractivity (Wildman–Crippen MR) is 61.1 cm³/mol. The fourth-order valence-corrected chi connectivity index (χ4v) is 1.39. The molecule has 0 bridgehead atoms. The Balaban J connectivity index is 2.56. The number of hydrogen-bond acceptors (Lipinski definition) is 2. The minimum Gasteiger partial charge on any atom is -0.481 e. The minimum absolute atomic E-state index is 0.284. The van der Waals surface area contributed by atoms with E-state index in [1.54, 1.807) is 37.1 Å². The van der Waals surface area contributed by atoms with Crippen molar-refractivity contribution in [3.63, 3.8) is 0 Å². The predicted octanol–water partition coefficient (Wildman–Crippen LogP) is 2.37. The highest BCUT2D eigenvalue weighted by Crippen LogP contribution is 2.17. The highest BCUT2D eigenvalue weighted by molar-refractivity contribution is 5.69. The zero-order valence-electron chi connectivity index (χ0n) is 9.48. The number of hydrogen-bond donors (Lipinski definition) is 1. The summed E-state index contributed by atoms with van der Waals surface area (Å²) in [7, 11) is 1.76. The minimum atomic E-state index is -0.818. The number of carbonyl (C=O) groups is 1. The van der Waals surface area contributed by atoms with Crippen LogP contribution in [0.4, 0.5) is 10.1 Å². The average molecular weight is 225 g/mol. The van der Waals surface area contributed by atoms with E-state index in [1.807, 2.05) is 0 Å². The Bertz CT molecular complexity index is 368. The van der Waals surface area contributed by atoms with E-state index in [-0.39, 0.29) is 5.82 Å². The summed E-state index contributed by atoms with van der Waals surface area (Å²) in [6.45, 7) is 2.17. The van der Waals surface area contributed by atoms with E-state index in [1.165, 1.54) is 6.07 Å². The average Bonchev–Trinajstić information content (AvgIpc) is 2.25. The van der Waals surface area contributed by atoms with E-state index in [9.17, 15) is 9.18 Å².